The molecule has 1 saturated heterocycles. The van der Waals surface area contributed by atoms with Crippen LogP contribution < -0.4 is 10.1 Å². The molecule has 0 saturated carbocycles. The van der Waals surface area contributed by atoms with E-state index in [1.165, 1.54) is 7.11 Å². The Morgan fingerprint density at radius 1 is 1.53 bits per heavy atom. The molecule has 7 nitrogen and oxygen atoms in total. The van der Waals surface area contributed by atoms with Gasteiger partial charge in [0, 0.05) is 31.4 Å². The second-order valence-corrected chi connectivity index (χ2v) is 4.36. The van der Waals surface area contributed by atoms with E-state index < -0.39 is 0 Å². The van der Waals surface area contributed by atoms with Crippen LogP contribution in [0.3, 0.4) is 0 Å². The van der Waals surface area contributed by atoms with Crippen molar-refractivity contribution in [3.8, 4) is 5.88 Å². The first kappa shape index (κ1) is 11.9. The lowest BCUT2D eigenvalue weighted by Crippen LogP contribution is -2.31. The van der Waals surface area contributed by atoms with E-state index in [4.69, 9.17) is 9.47 Å². The van der Waals surface area contributed by atoms with Crippen LogP contribution in [-0.4, -0.2) is 46.4 Å². The van der Waals surface area contributed by atoms with Crippen molar-refractivity contribution >= 4 is 11.6 Å². The lowest BCUT2D eigenvalue weighted by Gasteiger charge is -2.11. The van der Waals surface area contributed by atoms with E-state index in [1.54, 1.807) is 23.0 Å². The smallest absolute Gasteiger partial charge is 0.323 e. The van der Waals surface area contributed by atoms with Gasteiger partial charge in [0.15, 0.2) is 5.65 Å². The minimum absolute atomic E-state index is 0.0856. The van der Waals surface area contributed by atoms with E-state index in [9.17, 15) is 4.79 Å². The summed E-state index contributed by atoms with van der Waals surface area (Å²) in [6.07, 6.45) is 3.93. The Morgan fingerprint density at radius 3 is 3.26 bits per heavy atom. The van der Waals surface area contributed by atoms with Crippen molar-refractivity contribution < 1.29 is 14.3 Å². The van der Waals surface area contributed by atoms with Crippen LogP contribution in [0.25, 0.3) is 5.65 Å². The zero-order valence-corrected chi connectivity index (χ0v) is 10.4. The third-order valence-corrected chi connectivity index (χ3v) is 3.09. The van der Waals surface area contributed by atoms with Crippen molar-refractivity contribution in [2.24, 2.45) is 0 Å². The molecule has 2 atom stereocenters. The first-order valence-electron chi connectivity index (χ1n) is 6.04. The van der Waals surface area contributed by atoms with E-state index in [1.807, 2.05) is 6.07 Å². The summed E-state index contributed by atoms with van der Waals surface area (Å²) in [7, 11) is 1.38. The maximum absolute atomic E-state index is 11.4. The number of ether oxygens (including phenoxy) is 2. The fourth-order valence-corrected chi connectivity index (χ4v) is 2.15. The fourth-order valence-electron chi connectivity index (χ4n) is 2.15. The summed E-state index contributed by atoms with van der Waals surface area (Å²) in [6, 6.07) is 3.31. The minimum atomic E-state index is -0.299. The first-order valence-corrected chi connectivity index (χ1v) is 6.04. The van der Waals surface area contributed by atoms with Crippen LogP contribution in [0.4, 0.5) is 0 Å². The number of imidazole rings is 1. The summed E-state index contributed by atoms with van der Waals surface area (Å²) in [5.41, 5.74) is 0.768. The number of nitrogens with one attached hydrogen (secondary N) is 1. The number of carbonyl (C=O) groups is 1. The Balaban J connectivity index is 1.67. The quantitative estimate of drug-likeness (QED) is 0.785. The Morgan fingerprint density at radius 2 is 2.42 bits per heavy atom. The summed E-state index contributed by atoms with van der Waals surface area (Å²) in [5, 5.41) is 7.34. The third kappa shape index (κ3) is 2.37. The molecule has 1 aliphatic heterocycles. The Kier molecular flexibility index (Phi) is 3.04. The number of esters is 1. The highest BCUT2D eigenvalue weighted by molar-refractivity contribution is 5.76. The van der Waals surface area contributed by atoms with Gasteiger partial charge in [0.1, 0.15) is 12.1 Å². The number of rotatable bonds is 3. The van der Waals surface area contributed by atoms with Crippen LogP contribution in [0.1, 0.15) is 6.42 Å². The van der Waals surface area contributed by atoms with Gasteiger partial charge in [-0.15, -0.1) is 5.10 Å². The lowest BCUT2D eigenvalue weighted by atomic mass is 10.2. The van der Waals surface area contributed by atoms with Crippen LogP contribution in [0, 0.1) is 0 Å². The Labute approximate surface area is 109 Å². The molecule has 0 radical (unpaired) electrons. The van der Waals surface area contributed by atoms with Crippen LogP contribution in [0.2, 0.25) is 0 Å². The number of hydrogen-bond donors (Lipinski definition) is 1. The molecule has 2 aromatic heterocycles. The highest BCUT2D eigenvalue weighted by atomic mass is 16.5. The van der Waals surface area contributed by atoms with Crippen LogP contribution in [0.5, 0.6) is 5.88 Å². The molecule has 1 N–H and O–H groups in total. The topological polar surface area (TPSA) is 77.8 Å². The predicted molar refractivity (Wildman–Crippen MR) is 65.8 cm³/mol. The normalized spacial score (nSPS) is 22.6. The molecule has 2 aromatic rings. The van der Waals surface area contributed by atoms with Gasteiger partial charge in [-0.05, 0) is 6.07 Å². The van der Waals surface area contributed by atoms with Crippen LogP contribution in [-0.2, 0) is 9.53 Å². The zero-order valence-electron chi connectivity index (χ0n) is 10.4. The molecule has 2 unspecified atom stereocenters. The van der Waals surface area contributed by atoms with Gasteiger partial charge in [-0.25, -0.2) is 9.50 Å². The Hall–Kier alpha value is -2.15. The molecular formula is C12H14N4O3. The van der Waals surface area contributed by atoms with Crippen molar-refractivity contribution in [2.45, 2.75) is 18.6 Å². The summed E-state index contributed by atoms with van der Waals surface area (Å²) in [6.45, 7) is 0.601. The maximum atomic E-state index is 11.4. The van der Waals surface area contributed by atoms with Gasteiger partial charge < -0.3 is 14.8 Å². The molecule has 7 heteroatoms. The van der Waals surface area contributed by atoms with Crippen molar-refractivity contribution in [3.05, 3.63) is 24.5 Å². The van der Waals surface area contributed by atoms with Crippen molar-refractivity contribution in [1.82, 2.24) is 19.9 Å². The molecule has 0 spiro atoms. The zero-order chi connectivity index (χ0) is 13.2. The maximum Gasteiger partial charge on any atom is 0.323 e. The Bertz CT molecular complexity index is 597. The van der Waals surface area contributed by atoms with Crippen molar-refractivity contribution in [2.75, 3.05) is 13.7 Å². The molecule has 3 rings (SSSR count). The number of fused-ring (bicyclic) bond motifs is 1. The van der Waals surface area contributed by atoms with Gasteiger partial charge in [0.25, 0.3) is 0 Å². The monoisotopic (exact) mass is 262 g/mol. The first-order chi connectivity index (χ1) is 9.26. The van der Waals surface area contributed by atoms with E-state index in [0.29, 0.717) is 18.8 Å². The van der Waals surface area contributed by atoms with Gasteiger partial charge in [-0.2, -0.15) is 0 Å². The van der Waals surface area contributed by atoms with E-state index in [2.05, 4.69) is 15.4 Å². The van der Waals surface area contributed by atoms with E-state index >= 15 is 0 Å². The average molecular weight is 262 g/mol. The second kappa shape index (κ2) is 4.85. The molecule has 100 valence electrons. The number of carbonyl (C=O) groups excluding carboxylic acids is 1. The molecule has 0 bridgehead atoms. The number of nitrogens with zero attached hydrogens (tertiary/aromatic N) is 3. The van der Waals surface area contributed by atoms with Gasteiger partial charge in [-0.1, -0.05) is 0 Å². The van der Waals surface area contributed by atoms with Gasteiger partial charge in [0.2, 0.25) is 5.88 Å². The van der Waals surface area contributed by atoms with Crippen LogP contribution in [0.15, 0.2) is 24.5 Å². The number of aromatic nitrogens is 3. The van der Waals surface area contributed by atoms with Crippen molar-refractivity contribution in [3.63, 3.8) is 0 Å². The van der Waals surface area contributed by atoms with Crippen LogP contribution >= 0.6 is 0 Å². The summed E-state index contributed by atoms with van der Waals surface area (Å²) < 4.78 is 12.1. The summed E-state index contributed by atoms with van der Waals surface area (Å²) >= 11 is 0. The predicted octanol–water partition coefficient (Wildman–Crippen LogP) is 0.0116. The average Bonchev–Trinajstić information content (AvgIpc) is 3.06. The van der Waals surface area contributed by atoms with Gasteiger partial charge in [0.05, 0.1) is 7.11 Å². The second-order valence-electron chi connectivity index (χ2n) is 4.36. The minimum Gasteiger partial charge on any atom is -0.472 e. The van der Waals surface area contributed by atoms with E-state index in [0.717, 1.165) is 5.65 Å². The molecule has 1 aliphatic rings. The standard InChI is InChI=1S/C12H14N4O3/c1-18-12(17)9-6-8(7-14-9)19-11-3-2-10-13-4-5-16(10)15-11/h2-5,8-9,14H,6-7H2,1H3. The molecule has 19 heavy (non-hydrogen) atoms. The largest absolute Gasteiger partial charge is 0.472 e. The molecule has 1 fully saturated rings. The highest BCUT2D eigenvalue weighted by Gasteiger charge is 2.31. The highest BCUT2D eigenvalue weighted by Crippen LogP contribution is 2.16. The third-order valence-electron chi connectivity index (χ3n) is 3.09. The molecular weight excluding hydrogens is 248 g/mol. The summed E-state index contributed by atoms with van der Waals surface area (Å²) in [4.78, 5) is 15.5. The summed E-state index contributed by atoms with van der Waals surface area (Å²) in [5.74, 6) is 0.256. The van der Waals surface area contributed by atoms with Gasteiger partial charge >= 0.3 is 5.97 Å². The molecule has 3 heterocycles. The molecule has 0 amide bonds. The lowest BCUT2D eigenvalue weighted by molar-refractivity contribution is -0.142. The molecule has 0 aliphatic carbocycles. The number of methoxy groups -OCH3 is 1. The fraction of sp³-hybridized carbons (Fsp3) is 0.417. The van der Waals surface area contributed by atoms with Crippen molar-refractivity contribution in [1.29, 1.82) is 0 Å². The molecule has 0 aromatic carbocycles. The number of hydrogen-bond acceptors (Lipinski definition) is 6. The van der Waals surface area contributed by atoms with Gasteiger partial charge in [-0.3, -0.25) is 4.79 Å². The van der Waals surface area contributed by atoms with E-state index in [-0.39, 0.29) is 18.1 Å². The SMILES string of the molecule is COC(=O)C1CC(Oc2ccc3nccn3n2)CN1.